The highest BCUT2D eigenvalue weighted by molar-refractivity contribution is 9.10. The first-order chi connectivity index (χ1) is 13.3. The summed E-state index contributed by atoms with van der Waals surface area (Å²) in [6.45, 7) is 3.41. The fraction of sp³-hybridized carbons (Fsp3) is 0.143. The molecule has 144 valence electrons. The van der Waals surface area contributed by atoms with Crippen molar-refractivity contribution < 1.29 is 18.3 Å². The zero-order valence-corrected chi connectivity index (χ0v) is 16.7. The van der Waals surface area contributed by atoms with Gasteiger partial charge in [-0.3, -0.25) is 14.2 Å². The molecule has 0 amide bonds. The van der Waals surface area contributed by atoms with Crippen LogP contribution in [0.1, 0.15) is 27.2 Å². The normalized spacial score (nSPS) is 10.8. The fourth-order valence-electron chi connectivity index (χ4n) is 2.82. The molecular formula is C21H16BrF2NO3. The number of hydrogen-bond acceptors (Lipinski definition) is 3. The van der Waals surface area contributed by atoms with E-state index < -0.39 is 11.6 Å². The van der Waals surface area contributed by atoms with Crippen molar-refractivity contribution in [2.75, 3.05) is 0 Å². The molecule has 0 fully saturated rings. The lowest BCUT2D eigenvalue weighted by molar-refractivity contribution is 0.112. The van der Waals surface area contributed by atoms with E-state index in [1.807, 2.05) is 6.92 Å². The van der Waals surface area contributed by atoms with Crippen LogP contribution in [-0.4, -0.2) is 10.9 Å². The molecule has 1 aromatic heterocycles. The van der Waals surface area contributed by atoms with E-state index in [1.54, 1.807) is 31.2 Å². The van der Waals surface area contributed by atoms with E-state index in [2.05, 4.69) is 15.9 Å². The molecule has 3 aromatic rings. The smallest absolute Gasteiger partial charge is 0.273 e. The Balaban J connectivity index is 1.99. The molecule has 3 rings (SSSR count). The van der Waals surface area contributed by atoms with Crippen LogP contribution in [0.25, 0.3) is 5.69 Å². The van der Waals surface area contributed by atoms with Crippen molar-refractivity contribution in [3.63, 3.8) is 0 Å². The molecule has 7 heteroatoms. The molecule has 4 nitrogen and oxygen atoms in total. The molecular weight excluding hydrogens is 432 g/mol. The zero-order valence-electron chi connectivity index (χ0n) is 15.1. The number of ether oxygens (including phenoxy) is 1. The SMILES string of the molecule is Cc1ccc(C=O)cc1-n1c(C)cc(OCc2ccc(F)cc2F)c(Br)c1=O. The van der Waals surface area contributed by atoms with Gasteiger partial charge in [-0.15, -0.1) is 0 Å². The van der Waals surface area contributed by atoms with Gasteiger partial charge in [-0.25, -0.2) is 8.78 Å². The fourth-order valence-corrected chi connectivity index (χ4v) is 3.23. The highest BCUT2D eigenvalue weighted by Crippen LogP contribution is 2.26. The standard InChI is InChI=1S/C21H16BrF2NO3/c1-12-3-4-14(10-26)8-18(12)25-13(2)7-19(20(22)21(25)27)28-11-15-5-6-16(23)9-17(15)24/h3-10H,11H2,1-2H3. The molecule has 0 saturated heterocycles. The Kier molecular flexibility index (Phi) is 5.74. The summed E-state index contributed by atoms with van der Waals surface area (Å²) in [6.07, 6.45) is 0.715. The summed E-state index contributed by atoms with van der Waals surface area (Å²) < 4.78 is 34.0. The summed E-state index contributed by atoms with van der Waals surface area (Å²) in [4.78, 5) is 24.0. The van der Waals surface area contributed by atoms with Crippen molar-refractivity contribution in [2.24, 2.45) is 0 Å². The van der Waals surface area contributed by atoms with Crippen LogP contribution in [0.3, 0.4) is 0 Å². The van der Waals surface area contributed by atoms with Crippen LogP contribution in [0.2, 0.25) is 0 Å². The topological polar surface area (TPSA) is 48.3 Å². The number of rotatable bonds is 5. The van der Waals surface area contributed by atoms with E-state index >= 15 is 0 Å². The second-order valence-corrected chi connectivity index (χ2v) is 7.09. The third-order valence-electron chi connectivity index (χ3n) is 4.31. The first-order valence-electron chi connectivity index (χ1n) is 8.37. The minimum Gasteiger partial charge on any atom is -0.487 e. The predicted octanol–water partition coefficient (Wildman–Crippen LogP) is 4.89. The maximum absolute atomic E-state index is 13.8. The largest absolute Gasteiger partial charge is 0.487 e. The van der Waals surface area contributed by atoms with Crippen LogP contribution >= 0.6 is 15.9 Å². The van der Waals surface area contributed by atoms with Crippen LogP contribution in [-0.2, 0) is 6.61 Å². The van der Waals surface area contributed by atoms with Crippen LogP contribution in [0, 0.1) is 25.5 Å². The van der Waals surface area contributed by atoms with Crippen molar-refractivity contribution in [3.05, 3.63) is 91.3 Å². The van der Waals surface area contributed by atoms with Gasteiger partial charge in [-0.05, 0) is 53.5 Å². The molecule has 0 unspecified atom stereocenters. The lowest BCUT2D eigenvalue weighted by Crippen LogP contribution is -2.23. The van der Waals surface area contributed by atoms with E-state index in [1.165, 1.54) is 10.6 Å². The van der Waals surface area contributed by atoms with Gasteiger partial charge >= 0.3 is 0 Å². The van der Waals surface area contributed by atoms with E-state index in [0.29, 0.717) is 23.2 Å². The molecule has 1 heterocycles. The van der Waals surface area contributed by atoms with E-state index in [-0.39, 0.29) is 28.0 Å². The second kappa shape index (κ2) is 8.06. The average Bonchev–Trinajstić information content (AvgIpc) is 2.66. The van der Waals surface area contributed by atoms with Crippen molar-refractivity contribution >= 4 is 22.2 Å². The first-order valence-corrected chi connectivity index (χ1v) is 9.16. The van der Waals surface area contributed by atoms with Crippen molar-refractivity contribution in [1.82, 2.24) is 4.57 Å². The minimum absolute atomic E-state index is 0.159. The highest BCUT2D eigenvalue weighted by atomic mass is 79.9. The number of benzene rings is 2. The van der Waals surface area contributed by atoms with Crippen molar-refractivity contribution in [1.29, 1.82) is 0 Å². The summed E-state index contributed by atoms with van der Waals surface area (Å²) >= 11 is 3.24. The molecule has 2 aromatic carbocycles. The molecule has 0 aliphatic rings. The summed E-state index contributed by atoms with van der Waals surface area (Å²) in [7, 11) is 0. The van der Waals surface area contributed by atoms with Crippen LogP contribution in [0.5, 0.6) is 5.75 Å². The van der Waals surface area contributed by atoms with Gasteiger partial charge in [0.05, 0.1) is 5.69 Å². The average molecular weight is 448 g/mol. The second-order valence-electron chi connectivity index (χ2n) is 6.29. The predicted molar refractivity (Wildman–Crippen MR) is 105 cm³/mol. The van der Waals surface area contributed by atoms with Gasteiger partial charge in [-0.1, -0.05) is 12.1 Å². The summed E-state index contributed by atoms with van der Waals surface area (Å²) in [5.74, 6) is -1.15. The number of hydrogen-bond donors (Lipinski definition) is 0. The molecule has 28 heavy (non-hydrogen) atoms. The highest BCUT2D eigenvalue weighted by Gasteiger charge is 2.16. The molecule has 0 radical (unpaired) electrons. The monoisotopic (exact) mass is 447 g/mol. The van der Waals surface area contributed by atoms with E-state index in [4.69, 9.17) is 4.74 Å². The zero-order chi connectivity index (χ0) is 20.4. The number of aryl methyl sites for hydroxylation is 2. The van der Waals surface area contributed by atoms with E-state index in [0.717, 1.165) is 17.7 Å². The van der Waals surface area contributed by atoms with Gasteiger partial charge < -0.3 is 4.74 Å². The van der Waals surface area contributed by atoms with Crippen LogP contribution in [0.4, 0.5) is 8.78 Å². The molecule has 0 N–H and O–H groups in total. The van der Waals surface area contributed by atoms with Gasteiger partial charge in [0.2, 0.25) is 0 Å². The third-order valence-corrected chi connectivity index (χ3v) is 5.04. The first kappa shape index (κ1) is 19.9. The maximum Gasteiger partial charge on any atom is 0.273 e. The Labute approximate surface area is 168 Å². The lowest BCUT2D eigenvalue weighted by atomic mass is 10.1. The molecule has 0 saturated carbocycles. The van der Waals surface area contributed by atoms with E-state index in [9.17, 15) is 18.4 Å². The number of halogens is 3. The molecule has 0 atom stereocenters. The number of carbonyl (C=O) groups is 1. The van der Waals surface area contributed by atoms with Gasteiger partial charge in [0.1, 0.15) is 34.7 Å². The lowest BCUT2D eigenvalue weighted by Gasteiger charge is -2.16. The van der Waals surface area contributed by atoms with Gasteiger partial charge in [0, 0.05) is 29.0 Å². The minimum atomic E-state index is -0.720. The van der Waals surface area contributed by atoms with Gasteiger partial charge in [0.25, 0.3) is 5.56 Å². The summed E-state index contributed by atoms with van der Waals surface area (Å²) in [6, 6.07) is 9.93. The molecule has 0 aliphatic carbocycles. The Hall–Kier alpha value is -2.80. The quantitative estimate of drug-likeness (QED) is 0.523. The van der Waals surface area contributed by atoms with Crippen molar-refractivity contribution in [2.45, 2.75) is 20.5 Å². The maximum atomic E-state index is 13.8. The molecule has 0 spiro atoms. The Morgan fingerprint density at radius 1 is 1.11 bits per heavy atom. The number of nitrogens with zero attached hydrogens (tertiary/aromatic N) is 1. The number of aromatic nitrogens is 1. The van der Waals surface area contributed by atoms with Crippen LogP contribution in [0.15, 0.2) is 51.7 Å². The molecule has 0 bridgehead atoms. The summed E-state index contributed by atoms with van der Waals surface area (Å²) in [5.41, 5.74) is 2.24. The van der Waals surface area contributed by atoms with Crippen molar-refractivity contribution in [3.8, 4) is 11.4 Å². The Bertz CT molecular complexity index is 1130. The Morgan fingerprint density at radius 2 is 1.86 bits per heavy atom. The molecule has 0 aliphatic heterocycles. The third kappa shape index (κ3) is 3.89. The van der Waals surface area contributed by atoms with Gasteiger partial charge in [-0.2, -0.15) is 0 Å². The van der Waals surface area contributed by atoms with Crippen LogP contribution < -0.4 is 10.3 Å². The van der Waals surface area contributed by atoms with Gasteiger partial charge in [0.15, 0.2) is 0 Å². The number of pyridine rings is 1. The Morgan fingerprint density at radius 3 is 2.54 bits per heavy atom. The number of carbonyl (C=O) groups excluding carboxylic acids is 1. The number of aldehydes is 1. The summed E-state index contributed by atoms with van der Waals surface area (Å²) in [5, 5.41) is 0.